The van der Waals surface area contributed by atoms with Gasteiger partial charge in [0, 0.05) is 53.3 Å². The van der Waals surface area contributed by atoms with Crippen molar-refractivity contribution >= 4 is 17.0 Å². The topological polar surface area (TPSA) is 77.1 Å². The number of nitrogens with one attached hydrogen (secondary N) is 1. The van der Waals surface area contributed by atoms with E-state index in [0.29, 0.717) is 11.2 Å². The third-order valence-electron chi connectivity index (χ3n) is 4.78. The van der Waals surface area contributed by atoms with Crippen LogP contribution < -0.4 is 4.74 Å². The van der Waals surface area contributed by atoms with E-state index in [9.17, 15) is 13.6 Å². The van der Waals surface area contributed by atoms with Crippen molar-refractivity contribution in [1.29, 1.82) is 0 Å². The second kappa shape index (κ2) is 8.91. The maximum Gasteiger partial charge on any atom is 0.344 e. The fourth-order valence-corrected chi connectivity index (χ4v) is 3.27. The van der Waals surface area contributed by atoms with Gasteiger partial charge in [0.25, 0.3) is 0 Å². The van der Waals surface area contributed by atoms with Crippen LogP contribution in [0.4, 0.5) is 8.78 Å². The van der Waals surface area contributed by atoms with Crippen LogP contribution in [0.3, 0.4) is 0 Å². The number of pyridine rings is 2. The predicted molar refractivity (Wildman–Crippen MR) is 111 cm³/mol. The van der Waals surface area contributed by atoms with Crippen molar-refractivity contribution in [2.45, 2.75) is 13.3 Å². The van der Waals surface area contributed by atoms with Gasteiger partial charge in [-0.15, -0.1) is 0 Å². The van der Waals surface area contributed by atoms with E-state index < -0.39 is 24.2 Å². The van der Waals surface area contributed by atoms with E-state index in [-0.39, 0.29) is 24.3 Å². The molecule has 6 nitrogen and oxygen atoms in total. The Morgan fingerprint density at radius 2 is 2.03 bits per heavy atom. The molecule has 0 aliphatic rings. The molecule has 0 bridgehead atoms. The molecule has 8 heteroatoms. The maximum atomic E-state index is 15.0. The summed E-state index contributed by atoms with van der Waals surface area (Å²) >= 11 is 0. The molecule has 0 aliphatic carbocycles. The highest BCUT2D eigenvalue weighted by molar-refractivity contribution is 5.84. The summed E-state index contributed by atoms with van der Waals surface area (Å²) in [7, 11) is 0. The van der Waals surface area contributed by atoms with Gasteiger partial charge < -0.3 is 14.5 Å². The van der Waals surface area contributed by atoms with E-state index in [2.05, 4.69) is 15.0 Å². The van der Waals surface area contributed by atoms with Crippen molar-refractivity contribution in [1.82, 2.24) is 15.0 Å². The van der Waals surface area contributed by atoms with E-state index in [4.69, 9.17) is 9.47 Å². The van der Waals surface area contributed by atoms with E-state index >= 15 is 0 Å². The van der Waals surface area contributed by atoms with Crippen molar-refractivity contribution in [2.24, 2.45) is 0 Å². The summed E-state index contributed by atoms with van der Waals surface area (Å²) in [6.45, 7) is 1.39. The Labute approximate surface area is 176 Å². The highest BCUT2D eigenvalue weighted by Crippen LogP contribution is 2.29. The Balaban J connectivity index is 1.64. The third kappa shape index (κ3) is 4.37. The number of carbonyl (C=O) groups excluding carboxylic acids is 1. The molecule has 0 fully saturated rings. The lowest BCUT2D eigenvalue weighted by Crippen LogP contribution is -2.15. The molecule has 0 spiro atoms. The van der Waals surface area contributed by atoms with Gasteiger partial charge in [0.05, 0.1) is 6.61 Å². The van der Waals surface area contributed by atoms with Crippen molar-refractivity contribution in [2.75, 3.05) is 13.2 Å². The molecular weight excluding hydrogens is 404 g/mol. The third-order valence-corrected chi connectivity index (χ3v) is 4.78. The Hall–Kier alpha value is -3.81. The standard InChI is InChI=1S/C23H19F2N3O3/c1-2-30-21(29)13-31-20-6-5-19(24)18(22(20)25)9-16-12-28-23-17(16)8-15(11-27-23)14-4-3-7-26-10-14/h3-8,10-12H,2,9,13H2,1H3,(H,27,28). The van der Waals surface area contributed by atoms with Crippen LogP contribution in [0.5, 0.6) is 5.75 Å². The molecule has 31 heavy (non-hydrogen) atoms. The second-order valence-corrected chi connectivity index (χ2v) is 6.78. The fourth-order valence-electron chi connectivity index (χ4n) is 3.27. The van der Waals surface area contributed by atoms with Crippen LogP contribution in [-0.2, 0) is 16.0 Å². The van der Waals surface area contributed by atoms with Crippen molar-refractivity contribution in [3.63, 3.8) is 0 Å². The average Bonchev–Trinajstić information content (AvgIpc) is 3.19. The van der Waals surface area contributed by atoms with Gasteiger partial charge in [-0.3, -0.25) is 4.98 Å². The van der Waals surface area contributed by atoms with Gasteiger partial charge in [-0.25, -0.2) is 18.6 Å². The van der Waals surface area contributed by atoms with E-state index in [1.165, 1.54) is 0 Å². The molecule has 0 radical (unpaired) electrons. The first kappa shape index (κ1) is 20.5. The Bertz CT molecular complexity index is 1230. The van der Waals surface area contributed by atoms with Crippen molar-refractivity contribution in [3.8, 4) is 16.9 Å². The molecule has 4 rings (SSSR count). The summed E-state index contributed by atoms with van der Waals surface area (Å²) < 4.78 is 39.4. The molecule has 1 aromatic carbocycles. The van der Waals surface area contributed by atoms with Crippen molar-refractivity contribution in [3.05, 3.63) is 77.9 Å². The zero-order valence-corrected chi connectivity index (χ0v) is 16.7. The lowest BCUT2D eigenvalue weighted by atomic mass is 10.0. The van der Waals surface area contributed by atoms with Crippen molar-refractivity contribution < 1.29 is 23.0 Å². The Morgan fingerprint density at radius 3 is 2.81 bits per heavy atom. The maximum absolute atomic E-state index is 15.0. The largest absolute Gasteiger partial charge is 0.479 e. The lowest BCUT2D eigenvalue weighted by Gasteiger charge is -2.11. The van der Waals surface area contributed by atoms with Gasteiger partial charge in [-0.2, -0.15) is 0 Å². The van der Waals surface area contributed by atoms with Gasteiger partial charge in [0.1, 0.15) is 11.5 Å². The van der Waals surface area contributed by atoms with Crippen LogP contribution in [-0.4, -0.2) is 34.1 Å². The first-order valence-electron chi connectivity index (χ1n) is 9.68. The van der Waals surface area contributed by atoms with E-state index in [1.807, 2.05) is 18.2 Å². The van der Waals surface area contributed by atoms with E-state index in [0.717, 1.165) is 28.6 Å². The van der Waals surface area contributed by atoms with Gasteiger partial charge in [-0.05, 0) is 36.8 Å². The lowest BCUT2D eigenvalue weighted by molar-refractivity contribution is -0.145. The zero-order chi connectivity index (χ0) is 21.8. The number of aromatic amines is 1. The number of hydrogen-bond donors (Lipinski definition) is 1. The molecule has 0 atom stereocenters. The zero-order valence-electron chi connectivity index (χ0n) is 16.7. The van der Waals surface area contributed by atoms with Crippen LogP contribution in [0.2, 0.25) is 0 Å². The highest BCUT2D eigenvalue weighted by atomic mass is 19.1. The van der Waals surface area contributed by atoms with Gasteiger partial charge >= 0.3 is 5.97 Å². The number of H-pyrrole nitrogens is 1. The quantitative estimate of drug-likeness (QED) is 0.445. The normalized spacial score (nSPS) is 10.9. The van der Waals surface area contributed by atoms with Crippen LogP contribution >= 0.6 is 0 Å². The number of fused-ring (bicyclic) bond motifs is 1. The summed E-state index contributed by atoms with van der Waals surface area (Å²) in [6, 6.07) is 7.91. The summed E-state index contributed by atoms with van der Waals surface area (Å²) in [4.78, 5) is 23.0. The van der Waals surface area contributed by atoms with Gasteiger partial charge in [0.15, 0.2) is 18.2 Å². The molecule has 158 valence electrons. The molecule has 1 N–H and O–H groups in total. The molecular formula is C23H19F2N3O3. The number of halogens is 2. The summed E-state index contributed by atoms with van der Waals surface area (Å²) in [5.41, 5.74) is 2.85. The molecule has 0 amide bonds. The molecule has 3 heterocycles. The fraction of sp³-hybridized carbons (Fsp3) is 0.174. The number of esters is 1. The molecule has 0 saturated heterocycles. The summed E-state index contributed by atoms with van der Waals surface area (Å²) in [5, 5.41) is 0.748. The van der Waals surface area contributed by atoms with E-state index in [1.54, 1.807) is 31.7 Å². The number of carbonyl (C=O) groups is 1. The summed E-state index contributed by atoms with van der Waals surface area (Å²) in [5.74, 6) is -2.39. The molecule has 0 saturated carbocycles. The minimum absolute atomic E-state index is 0.0214. The molecule has 4 aromatic rings. The Morgan fingerprint density at radius 1 is 1.16 bits per heavy atom. The second-order valence-electron chi connectivity index (χ2n) is 6.78. The molecule has 3 aromatic heterocycles. The van der Waals surface area contributed by atoms with Crippen LogP contribution in [0.1, 0.15) is 18.1 Å². The first-order valence-corrected chi connectivity index (χ1v) is 9.68. The minimum atomic E-state index is -0.852. The number of ether oxygens (including phenoxy) is 2. The van der Waals surface area contributed by atoms with Crippen LogP contribution in [0, 0.1) is 11.6 Å². The molecule has 0 aliphatic heterocycles. The number of aromatic nitrogens is 3. The number of hydrogen-bond acceptors (Lipinski definition) is 5. The number of nitrogens with zero attached hydrogens (tertiary/aromatic N) is 2. The van der Waals surface area contributed by atoms with Crippen LogP contribution in [0.25, 0.3) is 22.2 Å². The van der Waals surface area contributed by atoms with Gasteiger partial charge in [-0.1, -0.05) is 6.07 Å². The summed E-state index contributed by atoms with van der Waals surface area (Å²) in [6.07, 6.45) is 6.77. The SMILES string of the molecule is CCOC(=O)COc1ccc(F)c(Cc2c[nH]c3ncc(-c4cccnc4)cc23)c1F. The molecule has 0 unspecified atom stereocenters. The number of benzene rings is 1. The predicted octanol–water partition coefficient (Wildman–Crippen LogP) is 4.44. The smallest absolute Gasteiger partial charge is 0.344 e. The minimum Gasteiger partial charge on any atom is -0.479 e. The van der Waals surface area contributed by atoms with Gasteiger partial charge in [0.2, 0.25) is 0 Å². The monoisotopic (exact) mass is 423 g/mol. The first-order chi connectivity index (χ1) is 15.1. The average molecular weight is 423 g/mol. The Kier molecular flexibility index (Phi) is 5.88. The van der Waals surface area contributed by atoms with Crippen LogP contribution in [0.15, 0.2) is 55.1 Å². The number of rotatable bonds is 7. The highest BCUT2D eigenvalue weighted by Gasteiger charge is 2.18.